The summed E-state index contributed by atoms with van der Waals surface area (Å²) in [6, 6.07) is 14.6. The van der Waals surface area contributed by atoms with Gasteiger partial charge >= 0.3 is 0 Å². The van der Waals surface area contributed by atoms with Crippen LogP contribution in [0.2, 0.25) is 0 Å². The van der Waals surface area contributed by atoms with Crippen LogP contribution in [-0.4, -0.2) is 7.11 Å². The molecule has 0 saturated heterocycles. The smallest absolute Gasteiger partial charge is 0.126 e. The average molecular weight is 436 g/mol. The van der Waals surface area contributed by atoms with Crippen molar-refractivity contribution in [2.75, 3.05) is 7.11 Å². The van der Waals surface area contributed by atoms with E-state index in [-0.39, 0.29) is 0 Å². The second-order valence-corrected chi connectivity index (χ2v) is 5.85. The summed E-state index contributed by atoms with van der Waals surface area (Å²) in [4.78, 5) is 0. The molecule has 16 heavy (non-hydrogen) atoms. The molecule has 0 bridgehead atoms. The highest BCUT2D eigenvalue weighted by Crippen LogP contribution is 2.31. The highest BCUT2D eigenvalue weighted by atomic mass is 127. The lowest BCUT2D eigenvalue weighted by molar-refractivity contribution is 0.416. The molecule has 0 amide bonds. The van der Waals surface area contributed by atoms with Crippen molar-refractivity contribution in [2.24, 2.45) is 0 Å². The molecule has 0 aromatic heterocycles. The third-order valence-electron chi connectivity index (χ3n) is 2.28. The van der Waals surface area contributed by atoms with Crippen LogP contribution in [0.25, 0.3) is 11.1 Å². The van der Waals surface area contributed by atoms with Crippen LogP contribution < -0.4 is 4.74 Å². The third kappa shape index (κ3) is 2.68. The Morgan fingerprint density at radius 3 is 2.19 bits per heavy atom. The molecule has 0 aliphatic rings. The Kier molecular flexibility index (Phi) is 4.07. The molecule has 2 aromatic rings. The molecule has 0 aliphatic carbocycles. The summed E-state index contributed by atoms with van der Waals surface area (Å²) in [5, 5.41) is 0. The summed E-state index contributed by atoms with van der Waals surface area (Å²) in [6.07, 6.45) is 0. The summed E-state index contributed by atoms with van der Waals surface area (Å²) in [6.45, 7) is 0. The monoisotopic (exact) mass is 436 g/mol. The van der Waals surface area contributed by atoms with Gasteiger partial charge in [-0.05, 0) is 75.0 Å². The van der Waals surface area contributed by atoms with Crippen LogP contribution in [0.4, 0.5) is 0 Å². The molecule has 0 radical (unpaired) electrons. The maximum absolute atomic E-state index is 5.37. The Morgan fingerprint density at radius 1 is 0.938 bits per heavy atom. The van der Waals surface area contributed by atoms with Gasteiger partial charge in [0.25, 0.3) is 0 Å². The summed E-state index contributed by atoms with van der Waals surface area (Å²) in [5.74, 6) is 0.917. The minimum absolute atomic E-state index is 0.917. The molecular formula is C13H10I2O. The van der Waals surface area contributed by atoms with Gasteiger partial charge < -0.3 is 4.74 Å². The zero-order valence-electron chi connectivity index (χ0n) is 8.71. The van der Waals surface area contributed by atoms with E-state index in [1.165, 1.54) is 12.7 Å². The Hall–Kier alpha value is -0.300. The van der Waals surface area contributed by atoms with Gasteiger partial charge in [0.1, 0.15) is 5.75 Å². The molecule has 0 atom stereocenters. The molecule has 82 valence electrons. The lowest BCUT2D eigenvalue weighted by Crippen LogP contribution is -1.88. The standard InChI is InChI=1S/C13H10I2O/c1-16-13-5-3-2-4-12(13)9-6-10(14)8-11(15)7-9/h2-8H,1H3. The normalized spacial score (nSPS) is 10.2. The van der Waals surface area contributed by atoms with Gasteiger partial charge in [0.2, 0.25) is 0 Å². The van der Waals surface area contributed by atoms with Crippen molar-refractivity contribution in [3.8, 4) is 16.9 Å². The molecule has 2 aromatic carbocycles. The van der Waals surface area contributed by atoms with E-state index < -0.39 is 0 Å². The molecule has 0 unspecified atom stereocenters. The van der Waals surface area contributed by atoms with Crippen molar-refractivity contribution in [1.29, 1.82) is 0 Å². The molecule has 0 saturated carbocycles. The van der Waals surface area contributed by atoms with Gasteiger partial charge in [-0.2, -0.15) is 0 Å². The van der Waals surface area contributed by atoms with E-state index in [0.29, 0.717) is 0 Å². The SMILES string of the molecule is COc1ccccc1-c1cc(I)cc(I)c1. The third-order valence-corrected chi connectivity index (χ3v) is 3.53. The van der Waals surface area contributed by atoms with Crippen LogP contribution in [0.5, 0.6) is 5.75 Å². The van der Waals surface area contributed by atoms with E-state index in [4.69, 9.17) is 4.74 Å². The quantitative estimate of drug-likeness (QED) is 0.628. The first-order valence-corrected chi connectivity index (χ1v) is 6.96. The van der Waals surface area contributed by atoms with E-state index in [9.17, 15) is 0 Å². The van der Waals surface area contributed by atoms with Gasteiger partial charge in [0, 0.05) is 12.7 Å². The predicted octanol–water partition coefficient (Wildman–Crippen LogP) is 4.57. The van der Waals surface area contributed by atoms with Gasteiger partial charge in [-0.15, -0.1) is 0 Å². The second-order valence-electron chi connectivity index (χ2n) is 3.36. The molecular weight excluding hydrogens is 426 g/mol. The fourth-order valence-corrected chi connectivity index (χ4v) is 3.53. The highest BCUT2D eigenvalue weighted by molar-refractivity contribution is 14.1. The lowest BCUT2D eigenvalue weighted by Gasteiger charge is -2.09. The Labute approximate surface area is 122 Å². The predicted molar refractivity (Wildman–Crippen MR) is 83.9 cm³/mol. The molecule has 0 fully saturated rings. The van der Waals surface area contributed by atoms with Crippen LogP contribution >= 0.6 is 45.2 Å². The number of para-hydroxylation sites is 1. The summed E-state index contributed by atoms with van der Waals surface area (Å²) in [7, 11) is 1.71. The molecule has 1 nitrogen and oxygen atoms in total. The largest absolute Gasteiger partial charge is 0.496 e. The Morgan fingerprint density at radius 2 is 1.56 bits per heavy atom. The van der Waals surface area contributed by atoms with E-state index in [1.807, 2.05) is 18.2 Å². The first-order chi connectivity index (χ1) is 7.70. The highest BCUT2D eigenvalue weighted by Gasteiger charge is 2.06. The zero-order valence-corrected chi connectivity index (χ0v) is 13.0. The van der Waals surface area contributed by atoms with E-state index in [2.05, 4.69) is 69.4 Å². The van der Waals surface area contributed by atoms with Crippen LogP contribution in [0.3, 0.4) is 0 Å². The van der Waals surface area contributed by atoms with Crippen molar-refractivity contribution >= 4 is 45.2 Å². The summed E-state index contributed by atoms with van der Waals surface area (Å²) in [5.41, 5.74) is 2.34. The van der Waals surface area contributed by atoms with E-state index in [1.54, 1.807) is 7.11 Å². The second kappa shape index (κ2) is 5.35. The summed E-state index contributed by atoms with van der Waals surface area (Å²) >= 11 is 4.67. The summed E-state index contributed by atoms with van der Waals surface area (Å²) < 4.78 is 7.86. The molecule has 0 spiro atoms. The van der Waals surface area contributed by atoms with E-state index >= 15 is 0 Å². The maximum Gasteiger partial charge on any atom is 0.126 e. The first-order valence-electron chi connectivity index (χ1n) is 4.80. The van der Waals surface area contributed by atoms with Gasteiger partial charge in [0.15, 0.2) is 0 Å². The van der Waals surface area contributed by atoms with Gasteiger partial charge in [-0.3, -0.25) is 0 Å². The minimum Gasteiger partial charge on any atom is -0.496 e. The molecule has 0 N–H and O–H groups in total. The van der Waals surface area contributed by atoms with Crippen molar-refractivity contribution in [1.82, 2.24) is 0 Å². The van der Waals surface area contributed by atoms with Crippen molar-refractivity contribution in [3.05, 3.63) is 49.6 Å². The fraction of sp³-hybridized carbons (Fsp3) is 0.0769. The number of ether oxygens (including phenoxy) is 1. The van der Waals surface area contributed by atoms with Crippen molar-refractivity contribution in [3.63, 3.8) is 0 Å². The van der Waals surface area contributed by atoms with E-state index in [0.717, 1.165) is 11.3 Å². The topological polar surface area (TPSA) is 9.23 Å². The van der Waals surface area contributed by atoms with Gasteiger partial charge in [0.05, 0.1) is 7.11 Å². The maximum atomic E-state index is 5.37. The lowest BCUT2D eigenvalue weighted by atomic mass is 10.1. The zero-order chi connectivity index (χ0) is 11.5. The van der Waals surface area contributed by atoms with Gasteiger partial charge in [-0.1, -0.05) is 18.2 Å². The number of hydrogen-bond donors (Lipinski definition) is 0. The fourth-order valence-electron chi connectivity index (χ4n) is 1.59. The number of hydrogen-bond acceptors (Lipinski definition) is 1. The first kappa shape index (κ1) is 12.2. The Bertz CT molecular complexity index is 489. The molecule has 0 aliphatic heterocycles. The number of benzene rings is 2. The van der Waals surface area contributed by atoms with Crippen molar-refractivity contribution < 1.29 is 4.74 Å². The molecule has 2 rings (SSSR count). The van der Waals surface area contributed by atoms with Crippen LogP contribution in [-0.2, 0) is 0 Å². The van der Waals surface area contributed by atoms with Crippen LogP contribution in [0.15, 0.2) is 42.5 Å². The van der Waals surface area contributed by atoms with Crippen LogP contribution in [0.1, 0.15) is 0 Å². The van der Waals surface area contributed by atoms with Crippen LogP contribution in [0, 0.1) is 7.14 Å². The number of rotatable bonds is 2. The Balaban J connectivity index is 2.58. The molecule has 0 heterocycles. The average Bonchev–Trinajstić information content (AvgIpc) is 2.27. The minimum atomic E-state index is 0.917. The molecule has 3 heteroatoms. The van der Waals surface area contributed by atoms with Crippen molar-refractivity contribution in [2.45, 2.75) is 0 Å². The number of methoxy groups -OCH3 is 1. The van der Waals surface area contributed by atoms with Gasteiger partial charge in [-0.25, -0.2) is 0 Å². The number of halogens is 2.